The summed E-state index contributed by atoms with van der Waals surface area (Å²) >= 11 is 0. The van der Waals surface area contributed by atoms with Crippen molar-refractivity contribution in [2.75, 3.05) is 19.6 Å². The molecule has 0 aromatic carbocycles. The van der Waals surface area contributed by atoms with Crippen LogP contribution < -0.4 is 5.32 Å². The van der Waals surface area contributed by atoms with Crippen LogP contribution in [0.1, 0.15) is 54.9 Å². The molecule has 2 unspecified atom stereocenters. The Morgan fingerprint density at radius 3 is 2.16 bits per heavy atom. The highest BCUT2D eigenvalue weighted by Gasteiger charge is 2.64. The molecule has 0 bridgehead atoms. The zero-order valence-corrected chi connectivity index (χ0v) is 14.1. The average molecular weight is 266 g/mol. The summed E-state index contributed by atoms with van der Waals surface area (Å²) in [5.41, 5.74) is 1.03. The molecule has 2 aliphatic rings. The van der Waals surface area contributed by atoms with E-state index in [4.69, 9.17) is 0 Å². The first-order valence-corrected chi connectivity index (χ1v) is 8.19. The van der Waals surface area contributed by atoms with Gasteiger partial charge in [0, 0.05) is 31.7 Å². The van der Waals surface area contributed by atoms with E-state index in [2.05, 4.69) is 58.7 Å². The molecule has 0 spiro atoms. The molecule has 0 aromatic heterocycles. The third kappa shape index (κ3) is 2.58. The number of rotatable bonds is 4. The molecule has 0 aromatic rings. The van der Waals surface area contributed by atoms with Crippen LogP contribution in [0.25, 0.3) is 0 Å². The topological polar surface area (TPSA) is 15.3 Å². The van der Waals surface area contributed by atoms with Gasteiger partial charge in [0.05, 0.1) is 0 Å². The lowest BCUT2D eigenvalue weighted by atomic mass is 9.97. The second-order valence-corrected chi connectivity index (χ2v) is 8.27. The van der Waals surface area contributed by atoms with Gasteiger partial charge in [-0.15, -0.1) is 0 Å². The molecule has 2 heteroatoms. The number of piperazine rings is 1. The second kappa shape index (κ2) is 5.04. The molecule has 2 nitrogen and oxygen atoms in total. The number of hydrogen-bond donors (Lipinski definition) is 1. The van der Waals surface area contributed by atoms with Gasteiger partial charge in [-0.2, -0.15) is 0 Å². The maximum Gasteiger partial charge on any atom is 0.0218 e. The van der Waals surface area contributed by atoms with E-state index in [9.17, 15) is 0 Å². The zero-order valence-electron chi connectivity index (χ0n) is 14.1. The Morgan fingerprint density at radius 2 is 1.74 bits per heavy atom. The van der Waals surface area contributed by atoms with Gasteiger partial charge in [-0.1, -0.05) is 48.5 Å². The standard InChI is InChI=1S/C17H34N2/c1-8-13-9-18-14(12(2)3)10-19(13)11-15-16(4,5)17(15,6)7/h12-15,18H,8-11H2,1-7H3. The van der Waals surface area contributed by atoms with Gasteiger partial charge in [0.2, 0.25) is 0 Å². The van der Waals surface area contributed by atoms with E-state index in [1.54, 1.807) is 0 Å². The molecule has 1 saturated carbocycles. The van der Waals surface area contributed by atoms with Gasteiger partial charge < -0.3 is 5.32 Å². The van der Waals surface area contributed by atoms with E-state index >= 15 is 0 Å². The Bertz CT molecular complexity index is 305. The Balaban J connectivity index is 2.00. The first-order valence-electron chi connectivity index (χ1n) is 8.19. The van der Waals surface area contributed by atoms with Crippen molar-refractivity contribution in [3.05, 3.63) is 0 Å². The number of hydrogen-bond acceptors (Lipinski definition) is 2. The molecule has 19 heavy (non-hydrogen) atoms. The molecular weight excluding hydrogens is 232 g/mol. The van der Waals surface area contributed by atoms with Gasteiger partial charge in [0.25, 0.3) is 0 Å². The van der Waals surface area contributed by atoms with Crippen LogP contribution in [0, 0.1) is 22.7 Å². The van der Waals surface area contributed by atoms with E-state index in [1.165, 1.54) is 26.1 Å². The summed E-state index contributed by atoms with van der Waals surface area (Å²) in [6.45, 7) is 20.5. The quantitative estimate of drug-likeness (QED) is 0.839. The lowest BCUT2D eigenvalue weighted by Gasteiger charge is -2.42. The molecule has 1 saturated heterocycles. The normalized spacial score (nSPS) is 34.7. The highest BCUT2D eigenvalue weighted by atomic mass is 15.2. The van der Waals surface area contributed by atoms with Gasteiger partial charge in [0.1, 0.15) is 0 Å². The molecule has 1 aliphatic heterocycles. The van der Waals surface area contributed by atoms with Crippen LogP contribution in [0.3, 0.4) is 0 Å². The fourth-order valence-electron chi connectivity index (χ4n) is 3.98. The van der Waals surface area contributed by atoms with E-state index < -0.39 is 0 Å². The van der Waals surface area contributed by atoms with Crippen molar-refractivity contribution in [1.82, 2.24) is 10.2 Å². The molecule has 2 atom stereocenters. The third-order valence-corrected chi connectivity index (χ3v) is 6.58. The van der Waals surface area contributed by atoms with Crippen molar-refractivity contribution in [3.8, 4) is 0 Å². The van der Waals surface area contributed by atoms with Gasteiger partial charge in [-0.25, -0.2) is 0 Å². The molecule has 1 aliphatic carbocycles. The third-order valence-electron chi connectivity index (χ3n) is 6.58. The van der Waals surface area contributed by atoms with Crippen LogP contribution >= 0.6 is 0 Å². The summed E-state index contributed by atoms with van der Waals surface area (Å²) in [6.07, 6.45) is 1.27. The smallest absolute Gasteiger partial charge is 0.0218 e. The summed E-state index contributed by atoms with van der Waals surface area (Å²) in [5, 5.41) is 3.74. The summed E-state index contributed by atoms with van der Waals surface area (Å²) in [6, 6.07) is 1.41. The summed E-state index contributed by atoms with van der Waals surface area (Å²) in [7, 11) is 0. The lowest BCUT2D eigenvalue weighted by Crippen LogP contribution is -2.58. The zero-order chi connectivity index (χ0) is 14.4. The molecule has 2 rings (SSSR count). The minimum atomic E-state index is 0.517. The first-order chi connectivity index (χ1) is 8.71. The fraction of sp³-hybridized carbons (Fsp3) is 1.00. The van der Waals surface area contributed by atoms with Gasteiger partial charge in [-0.3, -0.25) is 4.90 Å². The summed E-state index contributed by atoms with van der Waals surface area (Å²) in [4.78, 5) is 2.78. The van der Waals surface area contributed by atoms with Crippen LogP contribution in [0.2, 0.25) is 0 Å². The van der Waals surface area contributed by atoms with Gasteiger partial charge in [0.15, 0.2) is 0 Å². The Labute approximate surface area is 120 Å². The second-order valence-electron chi connectivity index (χ2n) is 8.27. The fourth-order valence-corrected chi connectivity index (χ4v) is 3.98. The van der Waals surface area contributed by atoms with Gasteiger partial charge in [-0.05, 0) is 29.1 Å². The largest absolute Gasteiger partial charge is 0.311 e. The first kappa shape index (κ1) is 15.3. The van der Waals surface area contributed by atoms with Crippen molar-refractivity contribution in [2.45, 2.75) is 67.0 Å². The summed E-state index contributed by atoms with van der Waals surface area (Å²) in [5.74, 6) is 1.60. The monoisotopic (exact) mass is 266 g/mol. The van der Waals surface area contributed by atoms with Gasteiger partial charge >= 0.3 is 0 Å². The maximum absolute atomic E-state index is 3.74. The van der Waals surface area contributed by atoms with Crippen molar-refractivity contribution < 1.29 is 0 Å². The highest BCUT2D eigenvalue weighted by Crippen LogP contribution is 2.68. The maximum atomic E-state index is 3.74. The lowest BCUT2D eigenvalue weighted by molar-refractivity contribution is 0.0992. The molecule has 0 amide bonds. The number of nitrogens with one attached hydrogen (secondary N) is 1. The Morgan fingerprint density at radius 1 is 1.16 bits per heavy atom. The number of nitrogens with zero attached hydrogens (tertiary/aromatic N) is 1. The molecule has 0 radical (unpaired) electrons. The molecular formula is C17H34N2. The predicted molar refractivity (Wildman–Crippen MR) is 83.3 cm³/mol. The Kier molecular flexibility index (Phi) is 4.06. The van der Waals surface area contributed by atoms with Crippen molar-refractivity contribution in [2.24, 2.45) is 22.7 Å². The molecule has 2 fully saturated rings. The van der Waals surface area contributed by atoms with Crippen molar-refractivity contribution >= 4 is 0 Å². The van der Waals surface area contributed by atoms with Crippen LogP contribution in [0.4, 0.5) is 0 Å². The van der Waals surface area contributed by atoms with Crippen molar-refractivity contribution in [1.29, 1.82) is 0 Å². The minimum absolute atomic E-state index is 0.517. The van der Waals surface area contributed by atoms with E-state index in [-0.39, 0.29) is 0 Å². The predicted octanol–water partition coefficient (Wildman–Crippen LogP) is 3.38. The average Bonchev–Trinajstić information content (AvgIpc) is 2.71. The van der Waals surface area contributed by atoms with E-state index in [0.29, 0.717) is 16.9 Å². The molecule has 1 N–H and O–H groups in total. The van der Waals surface area contributed by atoms with Crippen LogP contribution in [0.5, 0.6) is 0 Å². The van der Waals surface area contributed by atoms with Crippen molar-refractivity contribution in [3.63, 3.8) is 0 Å². The highest BCUT2D eigenvalue weighted by molar-refractivity contribution is 5.13. The SMILES string of the molecule is CCC1CNC(C(C)C)CN1CC1C(C)(C)C1(C)C. The van der Waals surface area contributed by atoms with Crippen LogP contribution in [0.15, 0.2) is 0 Å². The van der Waals surface area contributed by atoms with E-state index in [0.717, 1.165) is 17.9 Å². The molecule has 1 heterocycles. The van der Waals surface area contributed by atoms with Crippen LogP contribution in [-0.2, 0) is 0 Å². The Hall–Kier alpha value is -0.0800. The van der Waals surface area contributed by atoms with E-state index in [1.807, 2.05) is 0 Å². The minimum Gasteiger partial charge on any atom is -0.311 e. The van der Waals surface area contributed by atoms with Crippen LogP contribution in [-0.4, -0.2) is 36.6 Å². The molecule has 112 valence electrons. The summed E-state index contributed by atoms with van der Waals surface area (Å²) < 4.78 is 0.